The van der Waals surface area contributed by atoms with Crippen molar-refractivity contribution in [1.29, 1.82) is 0 Å². The van der Waals surface area contributed by atoms with E-state index in [1.54, 1.807) is 11.3 Å². The molecule has 0 radical (unpaired) electrons. The van der Waals surface area contributed by atoms with Crippen LogP contribution in [0.1, 0.15) is 36.1 Å². The molecule has 0 N–H and O–H groups in total. The summed E-state index contributed by atoms with van der Waals surface area (Å²) in [6, 6.07) is 8.05. The lowest BCUT2D eigenvalue weighted by Gasteiger charge is -2.25. The molecular weight excluding hydrogens is 276 g/mol. The molecule has 1 aromatic carbocycles. The Balaban J connectivity index is 1.89. The van der Waals surface area contributed by atoms with Gasteiger partial charge in [-0.1, -0.05) is 18.6 Å². The molecule has 1 aliphatic heterocycles. The molecule has 2 heterocycles. The zero-order valence-corrected chi connectivity index (χ0v) is 12.3. The molecule has 0 saturated carbocycles. The summed E-state index contributed by atoms with van der Waals surface area (Å²) in [4.78, 5) is 18.6. The molecule has 3 nitrogen and oxygen atoms in total. The molecule has 0 spiro atoms. The lowest BCUT2D eigenvalue weighted by molar-refractivity contribution is -0.131. The number of para-hydroxylation sites is 1. The fraction of sp³-hybridized carbons (Fsp3) is 0.429. The normalized spacial score (nSPS) is 18.6. The van der Waals surface area contributed by atoms with Crippen LogP contribution in [-0.2, 0) is 4.79 Å². The van der Waals surface area contributed by atoms with E-state index in [1.807, 2.05) is 23.1 Å². The maximum Gasteiger partial charge on any atom is 0.223 e. The molecule has 0 aliphatic carbocycles. The fourth-order valence-corrected chi connectivity index (χ4v) is 3.82. The molecule has 5 heteroatoms. The maximum absolute atomic E-state index is 12.1. The van der Waals surface area contributed by atoms with Gasteiger partial charge in [0, 0.05) is 13.0 Å². The van der Waals surface area contributed by atoms with E-state index in [2.05, 4.69) is 23.7 Å². The molecule has 1 saturated heterocycles. The van der Waals surface area contributed by atoms with Crippen molar-refractivity contribution in [2.45, 2.75) is 31.1 Å². The highest BCUT2D eigenvalue weighted by Gasteiger charge is 2.25. The van der Waals surface area contributed by atoms with E-state index in [4.69, 9.17) is 0 Å². The molecule has 100 valence electrons. The number of hydrogen-bond acceptors (Lipinski definition) is 4. The molecule has 2 aromatic rings. The Bertz CT molecular complexity index is 563. The largest absolute Gasteiger partial charge is 0.324 e. The minimum absolute atomic E-state index is 0.205. The predicted octanol–water partition coefficient (Wildman–Crippen LogP) is 3.63. The number of likely N-dealkylation sites (tertiary alicyclic amines) is 1. The van der Waals surface area contributed by atoms with Crippen molar-refractivity contribution in [1.82, 2.24) is 9.88 Å². The van der Waals surface area contributed by atoms with E-state index in [1.165, 1.54) is 0 Å². The summed E-state index contributed by atoms with van der Waals surface area (Å²) in [7, 11) is 0. The number of thiazole rings is 1. The molecule has 0 bridgehead atoms. The lowest BCUT2D eigenvalue weighted by atomic mass is 10.2. The van der Waals surface area contributed by atoms with Crippen LogP contribution < -0.4 is 0 Å². The lowest BCUT2D eigenvalue weighted by Crippen LogP contribution is -2.31. The summed E-state index contributed by atoms with van der Waals surface area (Å²) in [6.45, 7) is 0.795. The van der Waals surface area contributed by atoms with Crippen molar-refractivity contribution in [3.8, 4) is 0 Å². The van der Waals surface area contributed by atoms with Crippen molar-refractivity contribution in [3.63, 3.8) is 0 Å². The van der Waals surface area contributed by atoms with Gasteiger partial charge < -0.3 is 4.90 Å². The molecular formula is C14H16N2OS2. The van der Waals surface area contributed by atoms with Gasteiger partial charge in [0.25, 0.3) is 0 Å². The van der Waals surface area contributed by atoms with Gasteiger partial charge in [0.15, 0.2) is 0 Å². The maximum atomic E-state index is 12.1. The quantitative estimate of drug-likeness (QED) is 0.858. The monoisotopic (exact) mass is 292 g/mol. The van der Waals surface area contributed by atoms with Gasteiger partial charge in [0.2, 0.25) is 5.91 Å². The van der Waals surface area contributed by atoms with Crippen LogP contribution in [0.2, 0.25) is 0 Å². The molecule has 1 aliphatic rings. The summed E-state index contributed by atoms with van der Waals surface area (Å²) in [5, 5.41) is 0.711. The average molecular weight is 292 g/mol. The van der Waals surface area contributed by atoms with Gasteiger partial charge >= 0.3 is 0 Å². The van der Waals surface area contributed by atoms with Crippen LogP contribution in [0, 0.1) is 0 Å². The van der Waals surface area contributed by atoms with Crippen LogP contribution >= 0.6 is 24.0 Å². The Morgan fingerprint density at radius 1 is 1.26 bits per heavy atom. The van der Waals surface area contributed by atoms with Crippen LogP contribution in [0.15, 0.2) is 24.3 Å². The van der Waals surface area contributed by atoms with Crippen molar-refractivity contribution >= 4 is 40.1 Å². The van der Waals surface area contributed by atoms with Crippen LogP contribution in [-0.4, -0.2) is 22.3 Å². The van der Waals surface area contributed by atoms with Crippen LogP contribution in [0.5, 0.6) is 0 Å². The number of aromatic nitrogens is 1. The van der Waals surface area contributed by atoms with Gasteiger partial charge in [-0.3, -0.25) is 4.79 Å². The van der Waals surface area contributed by atoms with Gasteiger partial charge in [0.1, 0.15) is 10.4 Å². The number of rotatable bonds is 2. The number of thiol groups is 1. The second-order valence-electron chi connectivity index (χ2n) is 4.79. The topological polar surface area (TPSA) is 33.2 Å². The molecule has 3 rings (SSSR count). The minimum Gasteiger partial charge on any atom is -0.324 e. The van der Waals surface area contributed by atoms with E-state index in [9.17, 15) is 4.79 Å². The third-order valence-electron chi connectivity index (χ3n) is 3.44. The zero-order valence-electron chi connectivity index (χ0n) is 10.6. The third-order valence-corrected chi connectivity index (χ3v) is 5.22. The molecule has 1 fully saturated rings. The highest BCUT2D eigenvalue weighted by atomic mass is 32.1. The van der Waals surface area contributed by atoms with Gasteiger partial charge in [-0.2, -0.15) is 0 Å². The van der Waals surface area contributed by atoms with Gasteiger partial charge in [-0.05, 0) is 25.0 Å². The fourth-order valence-electron chi connectivity index (χ4n) is 2.40. The Hall–Kier alpha value is -1.07. The van der Waals surface area contributed by atoms with Crippen molar-refractivity contribution < 1.29 is 4.79 Å². The smallest absolute Gasteiger partial charge is 0.223 e. The molecule has 1 unspecified atom stereocenters. The first kappa shape index (κ1) is 12.9. The molecule has 1 aromatic heterocycles. The summed E-state index contributed by atoms with van der Waals surface area (Å²) in [5.41, 5.74) is 0.990. The number of benzene rings is 1. The van der Waals surface area contributed by atoms with E-state index < -0.39 is 0 Å². The van der Waals surface area contributed by atoms with Gasteiger partial charge in [-0.15, -0.1) is 24.0 Å². The van der Waals surface area contributed by atoms with Gasteiger partial charge in [0.05, 0.1) is 10.2 Å². The molecule has 19 heavy (non-hydrogen) atoms. The summed E-state index contributed by atoms with van der Waals surface area (Å²) < 4.78 is 1.15. The van der Waals surface area contributed by atoms with Crippen LogP contribution in [0.3, 0.4) is 0 Å². The SMILES string of the molecule is O=C1CCCCCN1C(S)c1nc2ccccc2s1. The van der Waals surface area contributed by atoms with E-state index in [0.717, 1.165) is 41.0 Å². The minimum atomic E-state index is -0.206. The highest BCUT2D eigenvalue weighted by Crippen LogP contribution is 2.33. The van der Waals surface area contributed by atoms with Crippen LogP contribution in [0.4, 0.5) is 0 Å². The average Bonchev–Trinajstić information content (AvgIpc) is 2.74. The van der Waals surface area contributed by atoms with E-state index in [0.29, 0.717) is 6.42 Å². The Morgan fingerprint density at radius 2 is 2.11 bits per heavy atom. The summed E-state index contributed by atoms with van der Waals surface area (Å²) in [6.07, 6.45) is 3.83. The van der Waals surface area contributed by atoms with Crippen molar-refractivity contribution in [2.24, 2.45) is 0 Å². The Labute approximate surface area is 122 Å². The van der Waals surface area contributed by atoms with Crippen molar-refractivity contribution in [2.75, 3.05) is 6.54 Å². The van der Waals surface area contributed by atoms with Crippen molar-refractivity contribution in [3.05, 3.63) is 29.3 Å². The first-order valence-corrected chi connectivity index (χ1v) is 7.92. The van der Waals surface area contributed by atoms with E-state index >= 15 is 0 Å². The highest BCUT2D eigenvalue weighted by molar-refractivity contribution is 7.80. The summed E-state index contributed by atoms with van der Waals surface area (Å²) >= 11 is 6.26. The number of carbonyl (C=O) groups is 1. The Morgan fingerprint density at radius 3 is 2.95 bits per heavy atom. The number of amides is 1. The number of fused-ring (bicyclic) bond motifs is 1. The first-order valence-electron chi connectivity index (χ1n) is 6.59. The standard InChI is InChI=1S/C14H16N2OS2/c17-12-8-2-1-5-9-16(12)14(18)13-15-10-6-3-4-7-11(10)19-13/h3-4,6-7,14,18H,1-2,5,8-9H2. The third kappa shape index (κ3) is 2.62. The second-order valence-corrected chi connectivity index (χ2v) is 6.34. The number of hydrogen-bond donors (Lipinski definition) is 1. The first-order chi connectivity index (χ1) is 9.25. The van der Waals surface area contributed by atoms with Crippen LogP contribution in [0.25, 0.3) is 10.2 Å². The van der Waals surface area contributed by atoms with E-state index in [-0.39, 0.29) is 11.3 Å². The number of nitrogens with zero attached hydrogens (tertiary/aromatic N) is 2. The second kappa shape index (κ2) is 5.51. The molecule has 1 amide bonds. The van der Waals surface area contributed by atoms with Gasteiger partial charge in [-0.25, -0.2) is 4.98 Å². The number of carbonyl (C=O) groups excluding carboxylic acids is 1. The Kier molecular flexibility index (Phi) is 3.75. The zero-order chi connectivity index (χ0) is 13.2. The predicted molar refractivity (Wildman–Crippen MR) is 81.5 cm³/mol. The molecule has 1 atom stereocenters. The summed E-state index contributed by atoms with van der Waals surface area (Å²) in [5.74, 6) is 0.205.